The number of fused-ring (bicyclic) bond motifs is 1. The van der Waals surface area contributed by atoms with E-state index in [0.29, 0.717) is 16.7 Å². The zero-order valence-electron chi connectivity index (χ0n) is 11.0. The van der Waals surface area contributed by atoms with Crippen LogP contribution in [0.4, 0.5) is 0 Å². The standard InChI is InChI=1S/C15H24O/c1-9-8-10(16)12-13-11(9)15(12,4)7-5-6-14(13,2)3/h8,10-13,16H,5-7H2,1-4H3/t10-,11-,12+,13-,15+/m0/s1. The average Bonchev–Trinajstić information content (AvgIpc) is 2.28. The number of aliphatic hydroxyl groups excluding tert-OH is 1. The van der Waals surface area contributed by atoms with Crippen LogP contribution < -0.4 is 0 Å². The van der Waals surface area contributed by atoms with Gasteiger partial charge < -0.3 is 5.11 Å². The molecular formula is C15H24O. The lowest BCUT2D eigenvalue weighted by molar-refractivity contribution is -0.180. The van der Waals surface area contributed by atoms with Crippen molar-refractivity contribution >= 4 is 0 Å². The smallest absolute Gasteiger partial charge is 0.0760 e. The number of hydrogen-bond donors (Lipinski definition) is 1. The zero-order chi connectivity index (χ0) is 11.7. The molecule has 4 aliphatic rings. The van der Waals surface area contributed by atoms with Crippen molar-refractivity contribution in [1.29, 1.82) is 0 Å². The van der Waals surface area contributed by atoms with E-state index in [1.165, 1.54) is 24.8 Å². The first kappa shape index (κ1) is 10.8. The van der Waals surface area contributed by atoms with E-state index in [-0.39, 0.29) is 6.10 Å². The van der Waals surface area contributed by atoms with Crippen LogP contribution in [-0.4, -0.2) is 11.2 Å². The fourth-order valence-electron chi connectivity index (χ4n) is 5.35. The normalized spacial score (nSPS) is 53.7. The lowest BCUT2D eigenvalue weighted by atomic mass is 9.38. The van der Waals surface area contributed by atoms with Gasteiger partial charge in [0.25, 0.3) is 0 Å². The maximum absolute atomic E-state index is 10.3. The van der Waals surface area contributed by atoms with Crippen molar-refractivity contribution in [2.24, 2.45) is 28.6 Å². The van der Waals surface area contributed by atoms with E-state index in [9.17, 15) is 5.11 Å². The van der Waals surface area contributed by atoms with Crippen molar-refractivity contribution < 1.29 is 5.11 Å². The summed E-state index contributed by atoms with van der Waals surface area (Å²) in [7, 11) is 0. The van der Waals surface area contributed by atoms with Crippen molar-refractivity contribution in [3.63, 3.8) is 0 Å². The van der Waals surface area contributed by atoms with Gasteiger partial charge in [-0.05, 0) is 48.3 Å². The van der Waals surface area contributed by atoms with Gasteiger partial charge >= 0.3 is 0 Å². The van der Waals surface area contributed by atoms with Gasteiger partial charge in [-0.3, -0.25) is 0 Å². The molecule has 0 aliphatic heterocycles. The molecule has 5 atom stereocenters. The van der Waals surface area contributed by atoms with Crippen LogP contribution in [0.2, 0.25) is 0 Å². The Morgan fingerprint density at radius 2 is 1.88 bits per heavy atom. The van der Waals surface area contributed by atoms with Crippen LogP contribution in [0, 0.1) is 28.6 Å². The quantitative estimate of drug-likeness (QED) is 0.620. The predicted octanol–water partition coefficient (Wildman–Crippen LogP) is 3.39. The summed E-state index contributed by atoms with van der Waals surface area (Å²) in [5, 5.41) is 10.3. The van der Waals surface area contributed by atoms with Gasteiger partial charge in [-0.2, -0.15) is 0 Å². The minimum atomic E-state index is -0.183. The van der Waals surface area contributed by atoms with E-state index in [1.54, 1.807) is 0 Å². The molecule has 0 heterocycles. The topological polar surface area (TPSA) is 20.2 Å². The highest BCUT2D eigenvalue weighted by atomic mass is 16.3. The van der Waals surface area contributed by atoms with Crippen LogP contribution in [-0.2, 0) is 0 Å². The van der Waals surface area contributed by atoms with Crippen LogP contribution in [0.1, 0.15) is 47.0 Å². The van der Waals surface area contributed by atoms with Crippen molar-refractivity contribution in [3.05, 3.63) is 11.6 Å². The summed E-state index contributed by atoms with van der Waals surface area (Å²) < 4.78 is 0. The first-order valence-corrected chi connectivity index (χ1v) is 6.74. The SMILES string of the molecule is CC1=C[C@H](O)[C@@H]2[C@@H]3[C@H]1[C@@]2(C)CCCC3(C)C. The second-order valence-corrected chi connectivity index (χ2v) is 7.28. The largest absolute Gasteiger partial charge is 0.389 e. The summed E-state index contributed by atoms with van der Waals surface area (Å²) in [5.41, 5.74) is 2.27. The third-order valence-corrected chi connectivity index (χ3v) is 5.95. The fraction of sp³-hybridized carbons (Fsp3) is 0.867. The summed E-state index contributed by atoms with van der Waals surface area (Å²) in [6, 6.07) is 0. The molecule has 0 aromatic heterocycles. The van der Waals surface area contributed by atoms with E-state index >= 15 is 0 Å². The lowest BCUT2D eigenvalue weighted by Crippen LogP contribution is -2.64. The monoisotopic (exact) mass is 220 g/mol. The maximum Gasteiger partial charge on any atom is 0.0760 e. The van der Waals surface area contributed by atoms with Gasteiger partial charge in [0.2, 0.25) is 0 Å². The molecule has 2 saturated carbocycles. The molecule has 0 spiro atoms. The van der Waals surface area contributed by atoms with E-state index in [0.717, 1.165) is 11.8 Å². The summed E-state index contributed by atoms with van der Waals surface area (Å²) in [6.07, 6.45) is 5.92. The Hall–Kier alpha value is -0.300. The van der Waals surface area contributed by atoms with Crippen LogP contribution >= 0.6 is 0 Å². The number of hydrogen-bond acceptors (Lipinski definition) is 1. The molecule has 4 bridgehead atoms. The minimum Gasteiger partial charge on any atom is -0.389 e. The molecule has 0 unspecified atom stereocenters. The molecule has 16 heavy (non-hydrogen) atoms. The molecular weight excluding hydrogens is 196 g/mol. The molecule has 4 aliphatic carbocycles. The second-order valence-electron chi connectivity index (χ2n) is 7.28. The first-order valence-electron chi connectivity index (χ1n) is 6.74. The Morgan fingerprint density at radius 3 is 2.50 bits per heavy atom. The third-order valence-electron chi connectivity index (χ3n) is 5.95. The van der Waals surface area contributed by atoms with E-state index in [2.05, 4.69) is 33.8 Å². The molecule has 1 nitrogen and oxygen atoms in total. The highest BCUT2D eigenvalue weighted by Crippen LogP contribution is 2.72. The van der Waals surface area contributed by atoms with Gasteiger partial charge in [0, 0.05) is 0 Å². The summed E-state index contributed by atoms with van der Waals surface area (Å²) in [5.74, 6) is 2.00. The van der Waals surface area contributed by atoms with Crippen LogP contribution in [0.3, 0.4) is 0 Å². The van der Waals surface area contributed by atoms with Gasteiger partial charge in [-0.25, -0.2) is 0 Å². The van der Waals surface area contributed by atoms with Crippen LogP contribution in [0.15, 0.2) is 11.6 Å². The average molecular weight is 220 g/mol. The van der Waals surface area contributed by atoms with E-state index in [1.807, 2.05) is 0 Å². The number of allylic oxidation sites excluding steroid dienone is 1. The summed E-state index contributed by atoms with van der Waals surface area (Å²) in [6.45, 7) is 9.47. The Morgan fingerprint density at radius 1 is 1.19 bits per heavy atom. The molecule has 0 aromatic carbocycles. The van der Waals surface area contributed by atoms with Gasteiger partial charge in [0.15, 0.2) is 0 Å². The Kier molecular flexibility index (Phi) is 1.98. The Bertz CT molecular complexity index is 354. The maximum atomic E-state index is 10.3. The second kappa shape index (κ2) is 2.93. The zero-order valence-corrected chi connectivity index (χ0v) is 11.0. The molecule has 0 amide bonds. The lowest BCUT2D eigenvalue weighted by Gasteiger charge is -2.67. The molecule has 4 rings (SSSR count). The van der Waals surface area contributed by atoms with Crippen molar-refractivity contribution in [2.75, 3.05) is 0 Å². The Labute approximate surface area is 98.9 Å². The molecule has 90 valence electrons. The highest BCUT2D eigenvalue weighted by molar-refractivity contribution is 5.31. The molecule has 0 aromatic rings. The van der Waals surface area contributed by atoms with Gasteiger partial charge in [-0.1, -0.05) is 38.8 Å². The summed E-state index contributed by atoms with van der Waals surface area (Å²) >= 11 is 0. The molecule has 2 fully saturated rings. The van der Waals surface area contributed by atoms with Gasteiger partial charge in [0.05, 0.1) is 6.10 Å². The van der Waals surface area contributed by atoms with Crippen LogP contribution in [0.5, 0.6) is 0 Å². The van der Waals surface area contributed by atoms with Gasteiger partial charge in [-0.15, -0.1) is 0 Å². The Balaban J connectivity index is 2.10. The third kappa shape index (κ3) is 1.06. The van der Waals surface area contributed by atoms with Crippen LogP contribution in [0.25, 0.3) is 0 Å². The fourth-order valence-corrected chi connectivity index (χ4v) is 5.35. The number of aliphatic hydroxyl groups is 1. The van der Waals surface area contributed by atoms with Gasteiger partial charge in [0.1, 0.15) is 0 Å². The highest BCUT2D eigenvalue weighted by Gasteiger charge is 2.67. The van der Waals surface area contributed by atoms with Crippen molar-refractivity contribution in [3.8, 4) is 0 Å². The predicted molar refractivity (Wildman–Crippen MR) is 66.0 cm³/mol. The summed E-state index contributed by atoms with van der Waals surface area (Å²) in [4.78, 5) is 0. The molecule has 0 saturated heterocycles. The van der Waals surface area contributed by atoms with E-state index < -0.39 is 0 Å². The van der Waals surface area contributed by atoms with Crippen molar-refractivity contribution in [2.45, 2.75) is 53.1 Å². The van der Waals surface area contributed by atoms with Crippen molar-refractivity contribution in [1.82, 2.24) is 0 Å². The number of rotatable bonds is 0. The molecule has 1 N–H and O–H groups in total. The minimum absolute atomic E-state index is 0.183. The molecule has 1 heteroatoms. The molecule has 0 radical (unpaired) electrons. The van der Waals surface area contributed by atoms with E-state index in [4.69, 9.17) is 0 Å². The first-order chi connectivity index (χ1) is 7.38.